The van der Waals surface area contributed by atoms with Crippen LogP contribution in [-0.4, -0.2) is 23.9 Å². The molecule has 0 spiro atoms. The van der Waals surface area contributed by atoms with Gasteiger partial charge in [0.15, 0.2) is 0 Å². The van der Waals surface area contributed by atoms with Gasteiger partial charge in [0.2, 0.25) is 11.8 Å². The third kappa shape index (κ3) is 5.09. The molecule has 1 aromatic carbocycles. The average molecular weight is 263 g/mol. The Bertz CT molecular complexity index is 460. The molecule has 1 rings (SSSR count). The second-order valence-corrected chi connectivity index (χ2v) is 4.82. The van der Waals surface area contributed by atoms with E-state index in [4.69, 9.17) is 11.5 Å². The van der Waals surface area contributed by atoms with Gasteiger partial charge in [-0.15, -0.1) is 0 Å². The van der Waals surface area contributed by atoms with Crippen molar-refractivity contribution >= 4 is 11.8 Å². The van der Waals surface area contributed by atoms with Crippen molar-refractivity contribution in [3.63, 3.8) is 0 Å². The van der Waals surface area contributed by atoms with Gasteiger partial charge in [-0.05, 0) is 31.4 Å². The number of benzene rings is 1. The fourth-order valence-electron chi connectivity index (χ4n) is 1.88. The van der Waals surface area contributed by atoms with Gasteiger partial charge in [0, 0.05) is 6.04 Å². The van der Waals surface area contributed by atoms with E-state index in [1.165, 1.54) is 11.1 Å². The highest BCUT2D eigenvalue weighted by atomic mass is 16.2. The molecule has 0 heterocycles. The first kappa shape index (κ1) is 15.2. The van der Waals surface area contributed by atoms with E-state index in [-0.39, 0.29) is 18.4 Å². The Hall–Kier alpha value is -1.88. The van der Waals surface area contributed by atoms with Gasteiger partial charge in [0.25, 0.3) is 0 Å². The maximum absolute atomic E-state index is 11.7. The van der Waals surface area contributed by atoms with Gasteiger partial charge in [-0.2, -0.15) is 0 Å². The lowest BCUT2D eigenvalue weighted by Gasteiger charge is -2.17. The molecule has 5 N–H and O–H groups in total. The second-order valence-electron chi connectivity index (χ2n) is 4.82. The van der Waals surface area contributed by atoms with Crippen LogP contribution < -0.4 is 16.8 Å². The first-order valence-electron chi connectivity index (χ1n) is 6.29. The lowest BCUT2D eigenvalue weighted by Crippen LogP contribution is -2.46. The molecule has 0 radical (unpaired) electrons. The number of carbonyl (C=O) groups is 2. The van der Waals surface area contributed by atoms with E-state index in [1.54, 1.807) is 0 Å². The first-order valence-corrected chi connectivity index (χ1v) is 6.29. The Morgan fingerprint density at radius 2 is 1.95 bits per heavy atom. The van der Waals surface area contributed by atoms with Crippen LogP contribution in [0.5, 0.6) is 0 Å². The molecule has 2 unspecified atom stereocenters. The monoisotopic (exact) mass is 263 g/mol. The van der Waals surface area contributed by atoms with Crippen LogP contribution in [0.4, 0.5) is 0 Å². The fourth-order valence-corrected chi connectivity index (χ4v) is 1.88. The van der Waals surface area contributed by atoms with Gasteiger partial charge in [0.05, 0.1) is 12.5 Å². The van der Waals surface area contributed by atoms with E-state index in [1.807, 2.05) is 38.1 Å². The SMILES string of the molecule is Cc1ccccc1CC(C)NC(=O)C(N)CC(N)=O. The molecule has 2 atom stereocenters. The number of hydrogen-bond acceptors (Lipinski definition) is 3. The topological polar surface area (TPSA) is 98.2 Å². The summed E-state index contributed by atoms with van der Waals surface area (Å²) in [6.07, 6.45) is 0.588. The van der Waals surface area contributed by atoms with Gasteiger partial charge in [-0.25, -0.2) is 0 Å². The summed E-state index contributed by atoms with van der Waals surface area (Å²) in [5.41, 5.74) is 12.9. The van der Waals surface area contributed by atoms with E-state index >= 15 is 0 Å². The summed E-state index contributed by atoms with van der Waals surface area (Å²) in [6.45, 7) is 3.93. The summed E-state index contributed by atoms with van der Waals surface area (Å²) in [5.74, 6) is -0.922. The third-order valence-corrected chi connectivity index (χ3v) is 2.93. The lowest BCUT2D eigenvalue weighted by molar-refractivity contribution is -0.126. The molecular weight excluding hydrogens is 242 g/mol. The van der Waals surface area contributed by atoms with Crippen molar-refractivity contribution in [2.75, 3.05) is 0 Å². The Morgan fingerprint density at radius 1 is 1.32 bits per heavy atom. The van der Waals surface area contributed by atoms with E-state index in [9.17, 15) is 9.59 Å². The minimum absolute atomic E-state index is 0.0486. The zero-order valence-corrected chi connectivity index (χ0v) is 11.3. The molecule has 0 fully saturated rings. The normalized spacial score (nSPS) is 13.6. The number of rotatable bonds is 6. The lowest BCUT2D eigenvalue weighted by atomic mass is 10.0. The number of amides is 2. The first-order chi connectivity index (χ1) is 8.90. The molecule has 2 amide bonds. The number of nitrogens with one attached hydrogen (secondary N) is 1. The largest absolute Gasteiger partial charge is 0.370 e. The summed E-state index contributed by atoms with van der Waals surface area (Å²) in [5, 5.41) is 2.79. The maximum atomic E-state index is 11.7. The zero-order chi connectivity index (χ0) is 14.4. The molecule has 0 aliphatic heterocycles. The Labute approximate surface area is 113 Å². The van der Waals surface area contributed by atoms with Crippen molar-refractivity contribution in [2.45, 2.75) is 38.8 Å². The van der Waals surface area contributed by atoms with E-state index in [2.05, 4.69) is 5.32 Å². The highest BCUT2D eigenvalue weighted by Crippen LogP contribution is 2.09. The molecule has 0 aliphatic rings. The number of carbonyl (C=O) groups excluding carboxylic acids is 2. The van der Waals surface area contributed by atoms with Crippen molar-refractivity contribution < 1.29 is 9.59 Å². The van der Waals surface area contributed by atoms with Crippen molar-refractivity contribution in [3.8, 4) is 0 Å². The van der Waals surface area contributed by atoms with Crippen LogP contribution in [0.3, 0.4) is 0 Å². The molecule has 0 aliphatic carbocycles. The quantitative estimate of drug-likeness (QED) is 0.686. The molecule has 19 heavy (non-hydrogen) atoms. The van der Waals surface area contributed by atoms with Gasteiger partial charge >= 0.3 is 0 Å². The Morgan fingerprint density at radius 3 is 2.53 bits per heavy atom. The molecule has 1 aromatic rings. The van der Waals surface area contributed by atoms with Crippen LogP contribution in [0.15, 0.2) is 24.3 Å². The van der Waals surface area contributed by atoms with Crippen LogP contribution in [-0.2, 0) is 16.0 Å². The number of primary amides is 1. The summed E-state index contributed by atoms with van der Waals surface area (Å²) in [7, 11) is 0. The van der Waals surface area contributed by atoms with Crippen molar-refractivity contribution in [1.82, 2.24) is 5.32 Å². The van der Waals surface area contributed by atoms with Crippen LogP contribution in [0, 0.1) is 6.92 Å². The molecule has 0 aromatic heterocycles. The molecule has 0 saturated heterocycles. The second kappa shape index (κ2) is 6.89. The third-order valence-electron chi connectivity index (χ3n) is 2.93. The molecule has 104 valence electrons. The van der Waals surface area contributed by atoms with Gasteiger partial charge in [0.1, 0.15) is 0 Å². The maximum Gasteiger partial charge on any atom is 0.237 e. The molecule has 0 bridgehead atoms. The minimum atomic E-state index is -0.878. The average Bonchev–Trinajstić information content (AvgIpc) is 2.31. The zero-order valence-electron chi connectivity index (χ0n) is 11.3. The number of hydrogen-bond donors (Lipinski definition) is 3. The summed E-state index contributed by atoms with van der Waals surface area (Å²) >= 11 is 0. The fraction of sp³-hybridized carbons (Fsp3) is 0.429. The van der Waals surface area contributed by atoms with Crippen LogP contribution in [0.2, 0.25) is 0 Å². The molecule has 5 heteroatoms. The van der Waals surface area contributed by atoms with E-state index < -0.39 is 11.9 Å². The highest BCUT2D eigenvalue weighted by Gasteiger charge is 2.18. The highest BCUT2D eigenvalue weighted by molar-refractivity contribution is 5.87. The smallest absolute Gasteiger partial charge is 0.237 e. The van der Waals surface area contributed by atoms with E-state index in [0.29, 0.717) is 0 Å². The minimum Gasteiger partial charge on any atom is -0.370 e. The molecule has 5 nitrogen and oxygen atoms in total. The predicted molar refractivity (Wildman–Crippen MR) is 74.3 cm³/mol. The van der Waals surface area contributed by atoms with Crippen molar-refractivity contribution in [1.29, 1.82) is 0 Å². The number of nitrogens with two attached hydrogens (primary N) is 2. The van der Waals surface area contributed by atoms with Gasteiger partial charge in [-0.3, -0.25) is 9.59 Å². The molecule has 0 saturated carbocycles. The summed E-state index contributed by atoms with van der Waals surface area (Å²) in [4.78, 5) is 22.4. The standard InChI is InChI=1S/C14H21N3O2/c1-9-5-3-4-6-11(9)7-10(2)17-14(19)12(15)8-13(16)18/h3-6,10,12H,7-8,15H2,1-2H3,(H2,16,18)(H,17,19). The molecular formula is C14H21N3O2. The van der Waals surface area contributed by atoms with Crippen LogP contribution in [0.25, 0.3) is 0 Å². The summed E-state index contributed by atoms with van der Waals surface area (Å²) < 4.78 is 0. The predicted octanol–water partition coefficient (Wildman–Crippen LogP) is 0.245. The van der Waals surface area contributed by atoms with Crippen LogP contribution in [0.1, 0.15) is 24.5 Å². The summed E-state index contributed by atoms with van der Waals surface area (Å²) in [6, 6.07) is 7.08. The van der Waals surface area contributed by atoms with Crippen molar-refractivity contribution in [2.24, 2.45) is 11.5 Å². The van der Waals surface area contributed by atoms with Crippen LogP contribution >= 0.6 is 0 Å². The Balaban J connectivity index is 2.51. The van der Waals surface area contributed by atoms with Gasteiger partial charge in [-0.1, -0.05) is 24.3 Å². The van der Waals surface area contributed by atoms with Crippen molar-refractivity contribution in [3.05, 3.63) is 35.4 Å². The van der Waals surface area contributed by atoms with Gasteiger partial charge < -0.3 is 16.8 Å². The Kier molecular flexibility index (Phi) is 5.51. The number of aryl methyl sites for hydroxylation is 1. The van der Waals surface area contributed by atoms with E-state index in [0.717, 1.165) is 6.42 Å².